The Bertz CT molecular complexity index is 1380. The van der Waals surface area contributed by atoms with Crippen LogP contribution < -0.4 is 11.4 Å². The molecule has 1 aromatic rings. The van der Waals surface area contributed by atoms with Crippen LogP contribution in [0, 0.1) is 10.8 Å². The number of anilines is 1. The van der Waals surface area contributed by atoms with Gasteiger partial charge in [-0.05, 0) is 54.0 Å². The van der Waals surface area contributed by atoms with E-state index < -0.39 is 86.8 Å². The van der Waals surface area contributed by atoms with E-state index in [0.29, 0.717) is 17.4 Å². The quantitative estimate of drug-likeness (QED) is 0.0424. The van der Waals surface area contributed by atoms with Crippen LogP contribution in [0.15, 0.2) is 17.1 Å². The number of ether oxygens (including phenoxy) is 4. The Kier molecular flexibility index (Phi) is 17.8. The van der Waals surface area contributed by atoms with Crippen molar-refractivity contribution in [3.05, 3.63) is 22.7 Å². The van der Waals surface area contributed by atoms with E-state index in [2.05, 4.69) is 11.9 Å². The highest BCUT2D eigenvalue weighted by atomic mass is 31.2. The van der Waals surface area contributed by atoms with Gasteiger partial charge in [0.25, 0.3) is 0 Å². The summed E-state index contributed by atoms with van der Waals surface area (Å²) in [6.45, 7) is 8.60. The van der Waals surface area contributed by atoms with Gasteiger partial charge in [0.05, 0.1) is 17.4 Å². The SMILES string of the molecule is CCCCCCCCCCCCC(=O)O[C@@H]1C(COP(=O)(OCOC(=O)C(C)(C)C)OCOC(=O)C(C)(C)C)O[C@@H](n2ccc(N)nc2=O)C1(F)F. The number of phosphoric acid groups is 1. The molecule has 0 saturated carbocycles. The zero-order chi connectivity index (χ0) is 39.2. The predicted octanol–water partition coefficient (Wildman–Crippen LogP) is 6.83. The summed E-state index contributed by atoms with van der Waals surface area (Å²) in [4.78, 5) is 53.3. The number of esters is 3. The van der Waals surface area contributed by atoms with Crippen molar-refractivity contribution < 1.29 is 60.2 Å². The molecule has 3 atom stereocenters. The zero-order valence-electron chi connectivity index (χ0n) is 31.4. The molecule has 2 heterocycles. The molecule has 1 aliphatic heterocycles. The summed E-state index contributed by atoms with van der Waals surface area (Å²) in [5.74, 6) is -6.68. The zero-order valence-corrected chi connectivity index (χ0v) is 32.3. The molecule has 298 valence electrons. The van der Waals surface area contributed by atoms with Crippen molar-refractivity contribution in [2.24, 2.45) is 10.8 Å². The second kappa shape index (κ2) is 20.5. The first-order chi connectivity index (χ1) is 24.2. The topological polar surface area (TPSA) is 194 Å². The van der Waals surface area contributed by atoms with Gasteiger partial charge in [0.2, 0.25) is 19.8 Å². The average Bonchev–Trinajstić information content (AvgIpc) is 3.28. The van der Waals surface area contributed by atoms with E-state index in [9.17, 15) is 23.7 Å². The van der Waals surface area contributed by atoms with Gasteiger partial charge in [0.15, 0.2) is 6.10 Å². The molecule has 0 radical (unpaired) electrons. The summed E-state index contributed by atoms with van der Waals surface area (Å²) in [7, 11) is -4.86. The lowest BCUT2D eigenvalue weighted by atomic mass is 9.98. The van der Waals surface area contributed by atoms with Crippen molar-refractivity contribution in [3.8, 4) is 0 Å². The first-order valence-corrected chi connectivity index (χ1v) is 19.1. The lowest BCUT2D eigenvalue weighted by Gasteiger charge is -2.25. The average molecular weight is 768 g/mol. The number of nitrogens with two attached hydrogens (primary N) is 1. The van der Waals surface area contributed by atoms with Gasteiger partial charge in [-0.25, -0.2) is 18.4 Å². The monoisotopic (exact) mass is 767 g/mol. The van der Waals surface area contributed by atoms with Crippen LogP contribution in [0.4, 0.5) is 14.6 Å². The normalized spacial score (nSPS) is 19.0. The molecular formula is C34H56F2N3O12P. The van der Waals surface area contributed by atoms with Crippen molar-refractivity contribution in [1.29, 1.82) is 0 Å². The van der Waals surface area contributed by atoms with Crippen LogP contribution in [0.1, 0.15) is 125 Å². The van der Waals surface area contributed by atoms with Gasteiger partial charge >= 0.3 is 37.3 Å². The Labute approximate surface area is 304 Å². The predicted molar refractivity (Wildman–Crippen MR) is 185 cm³/mol. The van der Waals surface area contributed by atoms with Crippen LogP contribution in [-0.4, -0.2) is 65.8 Å². The summed E-state index contributed by atoms with van der Waals surface area (Å²) in [5, 5.41) is 0. The first kappa shape index (κ1) is 45.2. The molecule has 18 heteroatoms. The maximum atomic E-state index is 16.0. The molecule has 0 spiro atoms. The minimum Gasteiger partial charge on any atom is -0.453 e. The number of phosphoric ester groups is 1. The fraction of sp³-hybridized carbons (Fsp3) is 0.794. The van der Waals surface area contributed by atoms with Crippen molar-refractivity contribution in [2.75, 3.05) is 25.9 Å². The number of carbonyl (C=O) groups excluding carboxylic acids is 3. The van der Waals surface area contributed by atoms with Crippen LogP contribution in [0.5, 0.6) is 0 Å². The molecule has 0 amide bonds. The molecular weight excluding hydrogens is 711 g/mol. The molecule has 1 aliphatic rings. The van der Waals surface area contributed by atoms with Crippen molar-refractivity contribution in [2.45, 2.75) is 143 Å². The molecule has 52 heavy (non-hydrogen) atoms. The summed E-state index contributed by atoms with van der Waals surface area (Å²) in [6.07, 6.45) is 4.27. The molecule has 15 nitrogen and oxygen atoms in total. The number of hydrogen-bond acceptors (Lipinski definition) is 14. The minimum atomic E-state index is -4.86. The van der Waals surface area contributed by atoms with E-state index >= 15 is 8.78 Å². The number of alkyl halides is 2. The van der Waals surface area contributed by atoms with E-state index in [1.165, 1.54) is 25.7 Å². The van der Waals surface area contributed by atoms with E-state index in [1.54, 1.807) is 41.5 Å². The van der Waals surface area contributed by atoms with Gasteiger partial charge in [-0.1, -0.05) is 64.7 Å². The van der Waals surface area contributed by atoms with E-state index in [4.69, 9.17) is 38.3 Å². The van der Waals surface area contributed by atoms with Crippen molar-refractivity contribution in [3.63, 3.8) is 0 Å². The van der Waals surface area contributed by atoms with E-state index in [0.717, 1.165) is 37.9 Å². The van der Waals surface area contributed by atoms with Gasteiger partial charge < -0.3 is 24.7 Å². The fourth-order valence-electron chi connectivity index (χ4n) is 4.81. The Morgan fingerprint density at radius 3 is 1.87 bits per heavy atom. The first-order valence-electron chi connectivity index (χ1n) is 17.7. The maximum Gasteiger partial charge on any atom is 0.480 e. The number of unbranched alkanes of at least 4 members (excludes halogenated alkanes) is 9. The van der Waals surface area contributed by atoms with Crippen LogP contribution in [0.3, 0.4) is 0 Å². The largest absolute Gasteiger partial charge is 0.480 e. The number of carbonyl (C=O) groups is 3. The fourth-order valence-corrected chi connectivity index (χ4v) is 5.72. The van der Waals surface area contributed by atoms with Gasteiger partial charge in [0.1, 0.15) is 11.9 Å². The highest BCUT2D eigenvalue weighted by molar-refractivity contribution is 7.48. The van der Waals surface area contributed by atoms with E-state index in [1.807, 2.05) is 0 Å². The lowest BCUT2D eigenvalue weighted by Crippen LogP contribution is -2.44. The molecule has 0 bridgehead atoms. The number of aromatic nitrogens is 2. The summed E-state index contributed by atoms with van der Waals surface area (Å²) < 4.78 is 82.3. The molecule has 2 N–H and O–H groups in total. The Balaban J connectivity index is 2.19. The molecule has 1 saturated heterocycles. The van der Waals surface area contributed by atoms with Crippen LogP contribution >= 0.6 is 7.82 Å². The third-order valence-electron chi connectivity index (χ3n) is 7.87. The van der Waals surface area contributed by atoms with Crippen LogP contribution in [-0.2, 0) is 51.5 Å². The Morgan fingerprint density at radius 1 is 0.885 bits per heavy atom. The second-order valence-electron chi connectivity index (χ2n) is 14.7. The Morgan fingerprint density at radius 2 is 1.38 bits per heavy atom. The number of rotatable bonds is 22. The Hall–Kier alpha value is -2.98. The second-order valence-corrected chi connectivity index (χ2v) is 16.4. The third-order valence-corrected chi connectivity index (χ3v) is 9.18. The van der Waals surface area contributed by atoms with Crippen molar-refractivity contribution in [1.82, 2.24) is 9.55 Å². The molecule has 1 aromatic heterocycles. The van der Waals surface area contributed by atoms with Gasteiger partial charge in [-0.3, -0.25) is 23.5 Å². The molecule has 1 unspecified atom stereocenters. The number of nitrogens with zero attached hydrogens (tertiary/aromatic N) is 2. The van der Waals surface area contributed by atoms with Crippen molar-refractivity contribution >= 4 is 31.5 Å². The van der Waals surface area contributed by atoms with Gasteiger partial charge in [-0.2, -0.15) is 13.8 Å². The molecule has 1 fully saturated rings. The number of halogens is 2. The van der Waals surface area contributed by atoms with Crippen LogP contribution in [0.2, 0.25) is 0 Å². The summed E-state index contributed by atoms with van der Waals surface area (Å²) in [5.41, 5.74) is 2.43. The summed E-state index contributed by atoms with van der Waals surface area (Å²) in [6, 6.07) is 1.10. The van der Waals surface area contributed by atoms with Gasteiger partial charge in [-0.15, -0.1) is 0 Å². The highest BCUT2D eigenvalue weighted by Gasteiger charge is 2.63. The maximum absolute atomic E-state index is 16.0. The summed E-state index contributed by atoms with van der Waals surface area (Å²) >= 11 is 0. The standard InChI is InChI=1S/C34H56F2N3O12P/c1-8-9-10-11-12-13-14-15-16-17-18-26(40)51-27-24(50-28(34(27,35)36)39-20-19-25(37)38-31(39)43)21-47-52(44,48-22-45-29(41)32(2,3)4)49-23-46-30(42)33(5,6)7/h19-20,24,27-28H,8-18,21-23H2,1-7H3,(H2,37,38,43)/t24?,27-,28-/m1/s1. The van der Waals surface area contributed by atoms with Crippen LogP contribution in [0.25, 0.3) is 0 Å². The molecule has 2 rings (SSSR count). The van der Waals surface area contributed by atoms with E-state index in [-0.39, 0.29) is 12.2 Å². The number of hydrogen-bond donors (Lipinski definition) is 1. The van der Waals surface area contributed by atoms with Gasteiger partial charge in [0, 0.05) is 12.6 Å². The molecule has 0 aliphatic carbocycles. The smallest absolute Gasteiger partial charge is 0.453 e. The third kappa shape index (κ3) is 14.8. The highest BCUT2D eigenvalue weighted by Crippen LogP contribution is 2.52. The molecule has 0 aromatic carbocycles. The number of nitrogen functional groups attached to an aromatic ring is 1. The minimum absolute atomic E-state index is 0.159. The lowest BCUT2D eigenvalue weighted by molar-refractivity contribution is -0.176.